The number of aryl methyl sites for hydroxylation is 1. The Morgan fingerprint density at radius 3 is 2.58 bits per heavy atom. The van der Waals surface area contributed by atoms with E-state index in [0.717, 1.165) is 11.4 Å². The van der Waals surface area contributed by atoms with Crippen molar-refractivity contribution in [3.63, 3.8) is 0 Å². The molecule has 0 aliphatic heterocycles. The highest BCUT2D eigenvalue weighted by Crippen LogP contribution is 2.16. The van der Waals surface area contributed by atoms with Gasteiger partial charge in [-0.25, -0.2) is 4.79 Å². The van der Waals surface area contributed by atoms with E-state index in [0.29, 0.717) is 11.7 Å². The number of urea groups is 1. The molecule has 0 fully saturated rings. The van der Waals surface area contributed by atoms with Gasteiger partial charge in [-0.3, -0.25) is 10.1 Å². The molecule has 0 atom stereocenters. The maximum absolute atomic E-state index is 12.0. The Bertz CT molecular complexity index is 447. The van der Waals surface area contributed by atoms with Crippen LogP contribution in [0, 0.1) is 5.92 Å². The van der Waals surface area contributed by atoms with Crippen LogP contribution in [0.4, 0.5) is 9.93 Å². The number of carbonyl (C=O) groups excluding carboxylic acids is 1. The lowest BCUT2D eigenvalue weighted by molar-refractivity contribution is -0.137. The van der Waals surface area contributed by atoms with Crippen LogP contribution in [0.2, 0.25) is 0 Å². The third-order valence-corrected chi connectivity index (χ3v) is 3.17. The van der Waals surface area contributed by atoms with Crippen molar-refractivity contribution >= 4 is 28.5 Å². The summed E-state index contributed by atoms with van der Waals surface area (Å²) in [4.78, 5) is 24.0. The highest BCUT2D eigenvalue weighted by Gasteiger charge is 2.19. The molecule has 0 saturated carbocycles. The fraction of sp³-hybridized carbons (Fsp3) is 0.636. The van der Waals surface area contributed by atoms with Crippen molar-refractivity contribution in [2.75, 3.05) is 18.4 Å². The molecule has 1 rings (SSSR count). The zero-order valence-corrected chi connectivity index (χ0v) is 12.0. The van der Waals surface area contributed by atoms with E-state index in [2.05, 4.69) is 15.5 Å². The van der Waals surface area contributed by atoms with Crippen LogP contribution in [0.15, 0.2) is 0 Å². The molecule has 2 amide bonds. The van der Waals surface area contributed by atoms with Crippen LogP contribution in [0.1, 0.15) is 25.8 Å². The Morgan fingerprint density at radius 2 is 2.11 bits per heavy atom. The maximum atomic E-state index is 12.0. The highest BCUT2D eigenvalue weighted by atomic mass is 32.1. The molecule has 0 aliphatic carbocycles. The Morgan fingerprint density at radius 1 is 1.42 bits per heavy atom. The van der Waals surface area contributed by atoms with Crippen molar-refractivity contribution in [2.45, 2.75) is 27.2 Å². The first-order chi connectivity index (χ1) is 8.92. The number of aliphatic carboxylic acids is 1. The summed E-state index contributed by atoms with van der Waals surface area (Å²) in [5.74, 6) is -0.854. The summed E-state index contributed by atoms with van der Waals surface area (Å²) < 4.78 is 0. The van der Waals surface area contributed by atoms with E-state index in [9.17, 15) is 9.59 Å². The van der Waals surface area contributed by atoms with Gasteiger partial charge in [-0.05, 0) is 12.3 Å². The van der Waals surface area contributed by atoms with Gasteiger partial charge in [0.05, 0.1) is 0 Å². The van der Waals surface area contributed by atoms with E-state index in [1.807, 2.05) is 20.8 Å². The summed E-state index contributed by atoms with van der Waals surface area (Å²) in [6, 6.07) is -0.463. The monoisotopic (exact) mass is 286 g/mol. The summed E-state index contributed by atoms with van der Waals surface area (Å²) in [5.41, 5.74) is 0. The second-order valence-corrected chi connectivity index (χ2v) is 5.51. The van der Waals surface area contributed by atoms with Crippen LogP contribution in [0.3, 0.4) is 0 Å². The quantitative estimate of drug-likeness (QED) is 0.829. The van der Waals surface area contributed by atoms with Gasteiger partial charge in [0.15, 0.2) is 0 Å². The van der Waals surface area contributed by atoms with Gasteiger partial charge >= 0.3 is 12.0 Å². The van der Waals surface area contributed by atoms with Crippen molar-refractivity contribution in [3.05, 3.63) is 5.01 Å². The highest BCUT2D eigenvalue weighted by molar-refractivity contribution is 7.15. The van der Waals surface area contributed by atoms with Crippen molar-refractivity contribution in [1.82, 2.24) is 15.1 Å². The predicted molar refractivity (Wildman–Crippen MR) is 72.4 cm³/mol. The Labute approximate surface area is 115 Å². The van der Waals surface area contributed by atoms with Crippen molar-refractivity contribution in [1.29, 1.82) is 0 Å². The number of hydrogen-bond donors (Lipinski definition) is 2. The van der Waals surface area contributed by atoms with E-state index in [4.69, 9.17) is 5.11 Å². The number of carboxylic acids is 1. The molecule has 0 bridgehead atoms. The smallest absolute Gasteiger partial charge is 0.324 e. The van der Waals surface area contributed by atoms with Crippen LogP contribution >= 0.6 is 11.3 Å². The van der Waals surface area contributed by atoms with Crippen LogP contribution in [-0.4, -0.2) is 45.3 Å². The van der Waals surface area contributed by atoms with E-state index >= 15 is 0 Å². The molecule has 0 radical (unpaired) electrons. The first-order valence-electron chi connectivity index (χ1n) is 6.02. The number of aromatic nitrogens is 2. The molecule has 7 nitrogen and oxygen atoms in total. The van der Waals surface area contributed by atoms with Crippen molar-refractivity contribution < 1.29 is 14.7 Å². The van der Waals surface area contributed by atoms with Gasteiger partial charge in [0.1, 0.15) is 11.6 Å². The average Bonchev–Trinajstić information content (AvgIpc) is 2.74. The number of carboxylic acid groups (broad SMARTS) is 1. The van der Waals surface area contributed by atoms with Gasteiger partial charge < -0.3 is 10.0 Å². The molecule has 0 saturated heterocycles. The lowest BCUT2D eigenvalue weighted by Crippen LogP contribution is -2.40. The van der Waals surface area contributed by atoms with E-state index < -0.39 is 12.0 Å². The average molecular weight is 286 g/mol. The standard InChI is InChI=1S/C11H18N4O3S/c1-4-8-13-14-10(19-8)12-11(18)15(5-7(2)3)6-9(16)17/h7H,4-6H2,1-3H3,(H,16,17)(H,12,14,18). The summed E-state index contributed by atoms with van der Waals surface area (Å²) >= 11 is 1.29. The summed E-state index contributed by atoms with van der Waals surface area (Å²) in [6.07, 6.45) is 0.748. The number of amides is 2. The molecule has 106 valence electrons. The van der Waals surface area contributed by atoms with Gasteiger partial charge in [0.25, 0.3) is 0 Å². The molecule has 8 heteroatoms. The Balaban J connectivity index is 2.67. The normalized spacial score (nSPS) is 10.5. The topological polar surface area (TPSA) is 95.4 Å². The van der Waals surface area contributed by atoms with Crippen LogP contribution in [0.5, 0.6) is 0 Å². The molecule has 19 heavy (non-hydrogen) atoms. The lowest BCUT2D eigenvalue weighted by Gasteiger charge is -2.22. The van der Waals surface area contributed by atoms with Crippen molar-refractivity contribution in [2.24, 2.45) is 5.92 Å². The first-order valence-corrected chi connectivity index (χ1v) is 6.84. The third kappa shape index (κ3) is 5.21. The zero-order chi connectivity index (χ0) is 14.4. The number of nitrogens with one attached hydrogen (secondary N) is 1. The largest absolute Gasteiger partial charge is 0.480 e. The molecular formula is C11H18N4O3S. The second kappa shape index (κ2) is 7.03. The predicted octanol–water partition coefficient (Wildman–Crippen LogP) is 1.67. The Kier molecular flexibility index (Phi) is 5.68. The molecule has 1 aromatic rings. The van der Waals surface area contributed by atoms with Crippen LogP contribution in [-0.2, 0) is 11.2 Å². The molecule has 0 aliphatic rings. The molecule has 0 unspecified atom stereocenters. The summed E-state index contributed by atoms with van der Waals surface area (Å²) in [6.45, 7) is 5.83. The Hall–Kier alpha value is -1.70. The van der Waals surface area contributed by atoms with Gasteiger partial charge in [-0.1, -0.05) is 32.1 Å². The molecule has 1 heterocycles. The van der Waals surface area contributed by atoms with Crippen molar-refractivity contribution in [3.8, 4) is 0 Å². The number of anilines is 1. The van der Waals surface area contributed by atoms with Gasteiger partial charge in [-0.2, -0.15) is 0 Å². The minimum Gasteiger partial charge on any atom is -0.480 e. The molecule has 0 aromatic carbocycles. The number of hydrogen-bond acceptors (Lipinski definition) is 5. The first kappa shape index (κ1) is 15.4. The van der Waals surface area contributed by atoms with Gasteiger partial charge in [0, 0.05) is 6.54 Å². The summed E-state index contributed by atoms with van der Waals surface area (Å²) in [7, 11) is 0. The lowest BCUT2D eigenvalue weighted by atomic mass is 10.2. The minimum atomic E-state index is -1.04. The van der Waals surface area contributed by atoms with E-state index in [1.165, 1.54) is 16.2 Å². The third-order valence-electron chi connectivity index (χ3n) is 2.18. The number of rotatable bonds is 6. The van der Waals surface area contributed by atoms with Gasteiger partial charge in [0.2, 0.25) is 5.13 Å². The maximum Gasteiger partial charge on any atom is 0.324 e. The summed E-state index contributed by atoms with van der Waals surface area (Å²) in [5, 5.41) is 20.3. The molecule has 2 N–H and O–H groups in total. The fourth-order valence-corrected chi connectivity index (χ4v) is 2.11. The van der Waals surface area contributed by atoms with E-state index in [-0.39, 0.29) is 12.5 Å². The second-order valence-electron chi connectivity index (χ2n) is 4.45. The van der Waals surface area contributed by atoms with Crippen LogP contribution in [0.25, 0.3) is 0 Å². The van der Waals surface area contributed by atoms with E-state index in [1.54, 1.807) is 0 Å². The SMILES string of the molecule is CCc1nnc(NC(=O)N(CC(=O)O)CC(C)C)s1. The molecule has 1 aromatic heterocycles. The zero-order valence-electron chi connectivity index (χ0n) is 11.2. The fourth-order valence-electron chi connectivity index (χ4n) is 1.44. The van der Waals surface area contributed by atoms with Gasteiger partial charge in [-0.15, -0.1) is 10.2 Å². The number of carbonyl (C=O) groups is 2. The minimum absolute atomic E-state index is 0.186. The molecular weight excluding hydrogens is 268 g/mol. The molecule has 0 spiro atoms. The van der Waals surface area contributed by atoms with Crippen LogP contribution < -0.4 is 5.32 Å². The number of nitrogens with zero attached hydrogens (tertiary/aromatic N) is 3.